The predicted octanol–water partition coefficient (Wildman–Crippen LogP) is 2.66. The molecule has 0 saturated carbocycles. The van der Waals surface area contributed by atoms with E-state index < -0.39 is 10.0 Å². The molecule has 0 fully saturated rings. The van der Waals surface area contributed by atoms with Crippen LogP contribution in [0.15, 0.2) is 76.7 Å². The van der Waals surface area contributed by atoms with E-state index in [2.05, 4.69) is 9.93 Å². The highest BCUT2D eigenvalue weighted by Gasteiger charge is 2.10. The van der Waals surface area contributed by atoms with E-state index in [-0.39, 0.29) is 4.90 Å². The minimum Gasteiger partial charge on any atom is -0.200 e. The smallest absolute Gasteiger partial charge is 0.200 e. The molecule has 20 heavy (non-hydrogen) atoms. The molecule has 0 unspecified atom stereocenters. The number of nitrogens with zero attached hydrogens (tertiary/aromatic N) is 1. The van der Waals surface area contributed by atoms with Crippen LogP contribution in [0.4, 0.5) is 0 Å². The molecule has 1 N–H and O–H groups in total. The lowest BCUT2D eigenvalue weighted by Gasteiger charge is -2.01. The van der Waals surface area contributed by atoms with Crippen LogP contribution in [0.3, 0.4) is 0 Å². The van der Waals surface area contributed by atoms with Crippen LogP contribution in [0.25, 0.3) is 6.08 Å². The number of hydrogen-bond acceptors (Lipinski definition) is 3. The fraction of sp³-hybridized carbons (Fsp3) is 0. The van der Waals surface area contributed by atoms with E-state index in [1.54, 1.807) is 24.3 Å². The number of nitrogens with one attached hydrogen (secondary N) is 1. The highest BCUT2D eigenvalue weighted by atomic mass is 32.2. The van der Waals surface area contributed by atoms with Gasteiger partial charge in [0.2, 0.25) is 0 Å². The van der Waals surface area contributed by atoms with Gasteiger partial charge in [-0.3, -0.25) is 0 Å². The fourth-order valence-electron chi connectivity index (χ4n) is 1.51. The molecule has 0 spiro atoms. The minimum atomic E-state index is -3.59. The maximum Gasteiger partial charge on any atom is 0.276 e. The Balaban J connectivity index is 1.95. The second-order valence-corrected chi connectivity index (χ2v) is 5.62. The third-order valence-electron chi connectivity index (χ3n) is 2.48. The minimum absolute atomic E-state index is 0.184. The van der Waals surface area contributed by atoms with Crippen molar-refractivity contribution >= 4 is 22.3 Å². The van der Waals surface area contributed by atoms with Crippen LogP contribution in [0.5, 0.6) is 0 Å². The van der Waals surface area contributed by atoms with Gasteiger partial charge in [0.1, 0.15) is 0 Å². The zero-order valence-electron chi connectivity index (χ0n) is 10.7. The van der Waals surface area contributed by atoms with Gasteiger partial charge in [-0.25, -0.2) is 4.83 Å². The first-order valence-corrected chi connectivity index (χ1v) is 7.48. The number of sulfonamides is 1. The van der Waals surface area contributed by atoms with E-state index >= 15 is 0 Å². The number of hydrogen-bond donors (Lipinski definition) is 1. The fourth-order valence-corrected chi connectivity index (χ4v) is 2.33. The Morgan fingerprint density at radius 1 is 0.900 bits per heavy atom. The highest BCUT2D eigenvalue weighted by Crippen LogP contribution is 2.06. The van der Waals surface area contributed by atoms with Gasteiger partial charge in [-0.2, -0.15) is 13.5 Å². The van der Waals surface area contributed by atoms with Crippen LogP contribution in [-0.2, 0) is 10.0 Å². The average Bonchev–Trinajstić information content (AvgIpc) is 2.49. The maximum absolute atomic E-state index is 11.8. The van der Waals surface area contributed by atoms with Crippen LogP contribution in [0.1, 0.15) is 5.56 Å². The van der Waals surface area contributed by atoms with Crippen LogP contribution < -0.4 is 4.83 Å². The second-order valence-electron chi connectivity index (χ2n) is 3.96. The van der Waals surface area contributed by atoms with Gasteiger partial charge in [-0.15, -0.1) is 0 Å². The summed E-state index contributed by atoms with van der Waals surface area (Å²) in [5, 5.41) is 3.68. The summed E-state index contributed by atoms with van der Waals surface area (Å²) in [6, 6.07) is 17.8. The molecular formula is C15H14N2O2S. The molecule has 2 aromatic carbocycles. The molecule has 0 atom stereocenters. The summed E-state index contributed by atoms with van der Waals surface area (Å²) in [7, 11) is -3.59. The van der Waals surface area contributed by atoms with E-state index in [1.807, 2.05) is 36.4 Å². The number of allylic oxidation sites excluding steroid dienone is 1. The first kappa shape index (κ1) is 14.0. The van der Waals surface area contributed by atoms with Gasteiger partial charge in [0.15, 0.2) is 0 Å². The van der Waals surface area contributed by atoms with Gasteiger partial charge in [0, 0.05) is 6.21 Å². The van der Waals surface area contributed by atoms with Crippen molar-refractivity contribution in [2.75, 3.05) is 0 Å². The van der Waals surface area contributed by atoms with Crippen molar-refractivity contribution < 1.29 is 8.42 Å². The average molecular weight is 286 g/mol. The molecule has 0 aliphatic rings. The van der Waals surface area contributed by atoms with E-state index in [9.17, 15) is 8.42 Å². The first-order chi connectivity index (χ1) is 9.68. The van der Waals surface area contributed by atoms with Gasteiger partial charge in [-0.1, -0.05) is 54.6 Å². The van der Waals surface area contributed by atoms with Crippen molar-refractivity contribution in [1.29, 1.82) is 0 Å². The van der Waals surface area contributed by atoms with Gasteiger partial charge in [0.05, 0.1) is 4.90 Å². The van der Waals surface area contributed by atoms with Crippen molar-refractivity contribution in [3.63, 3.8) is 0 Å². The van der Waals surface area contributed by atoms with Crippen LogP contribution in [-0.4, -0.2) is 14.6 Å². The molecule has 2 rings (SSSR count). The zero-order valence-corrected chi connectivity index (χ0v) is 11.5. The molecule has 5 heteroatoms. The van der Waals surface area contributed by atoms with Crippen LogP contribution in [0, 0.1) is 0 Å². The van der Waals surface area contributed by atoms with E-state index in [4.69, 9.17) is 0 Å². The van der Waals surface area contributed by atoms with Gasteiger partial charge < -0.3 is 0 Å². The maximum atomic E-state index is 11.8. The molecule has 0 aromatic heterocycles. The van der Waals surface area contributed by atoms with Crippen molar-refractivity contribution in [3.05, 3.63) is 72.3 Å². The molecule has 2 aromatic rings. The van der Waals surface area contributed by atoms with Crippen LogP contribution >= 0.6 is 0 Å². The Morgan fingerprint density at radius 3 is 2.15 bits per heavy atom. The Bertz CT molecular complexity index is 693. The van der Waals surface area contributed by atoms with E-state index in [0.29, 0.717) is 0 Å². The standard InChI is InChI=1S/C15H14N2O2S/c18-20(19,15-11-5-2-6-12-15)17-16-13-7-10-14-8-3-1-4-9-14/h1-13,17H/b10-7+,16-13?. The van der Waals surface area contributed by atoms with Crippen molar-refractivity contribution in [1.82, 2.24) is 4.83 Å². The van der Waals surface area contributed by atoms with Gasteiger partial charge >= 0.3 is 0 Å². The molecule has 0 aliphatic carbocycles. The Labute approximate surface area is 118 Å². The summed E-state index contributed by atoms with van der Waals surface area (Å²) in [6.45, 7) is 0. The molecule has 0 radical (unpaired) electrons. The second kappa shape index (κ2) is 6.68. The third kappa shape index (κ3) is 4.07. The molecule has 0 amide bonds. The molecule has 0 bridgehead atoms. The highest BCUT2D eigenvalue weighted by molar-refractivity contribution is 7.89. The van der Waals surface area contributed by atoms with Gasteiger partial charge in [-0.05, 0) is 23.8 Å². The summed E-state index contributed by atoms with van der Waals surface area (Å²) in [4.78, 5) is 2.34. The topological polar surface area (TPSA) is 58.5 Å². The molecule has 102 valence electrons. The lowest BCUT2D eigenvalue weighted by Crippen LogP contribution is -2.17. The Morgan fingerprint density at radius 2 is 1.50 bits per heavy atom. The molecule has 0 heterocycles. The monoisotopic (exact) mass is 286 g/mol. The molecule has 4 nitrogen and oxygen atoms in total. The first-order valence-electron chi connectivity index (χ1n) is 6.00. The van der Waals surface area contributed by atoms with Crippen molar-refractivity contribution in [2.45, 2.75) is 4.90 Å². The zero-order chi connectivity index (χ0) is 14.3. The molecular weight excluding hydrogens is 272 g/mol. The van der Waals surface area contributed by atoms with Crippen molar-refractivity contribution in [3.8, 4) is 0 Å². The lowest BCUT2D eigenvalue weighted by atomic mass is 10.2. The SMILES string of the molecule is O=S(=O)(NN=C/C=C/c1ccccc1)c1ccccc1. The summed E-state index contributed by atoms with van der Waals surface area (Å²) in [5.74, 6) is 0. The van der Waals surface area contributed by atoms with E-state index in [1.165, 1.54) is 18.3 Å². The predicted molar refractivity (Wildman–Crippen MR) is 80.7 cm³/mol. The number of benzene rings is 2. The lowest BCUT2D eigenvalue weighted by molar-refractivity contribution is 0.584. The third-order valence-corrected chi connectivity index (χ3v) is 3.71. The summed E-state index contributed by atoms with van der Waals surface area (Å²) in [5.41, 5.74) is 1.02. The number of rotatable bonds is 5. The van der Waals surface area contributed by atoms with Crippen LogP contribution in [0.2, 0.25) is 0 Å². The molecule has 0 aliphatic heterocycles. The summed E-state index contributed by atoms with van der Waals surface area (Å²) < 4.78 is 23.6. The molecule has 0 saturated heterocycles. The Hall–Kier alpha value is -2.40. The normalized spacial score (nSPS) is 12.0. The van der Waals surface area contributed by atoms with E-state index in [0.717, 1.165) is 5.56 Å². The van der Waals surface area contributed by atoms with Crippen molar-refractivity contribution in [2.24, 2.45) is 5.10 Å². The quantitative estimate of drug-likeness (QED) is 0.678. The number of hydrazone groups is 1. The van der Waals surface area contributed by atoms with Gasteiger partial charge in [0.25, 0.3) is 10.0 Å². The summed E-state index contributed by atoms with van der Waals surface area (Å²) >= 11 is 0. The Kier molecular flexibility index (Phi) is 4.68. The largest absolute Gasteiger partial charge is 0.276 e. The summed E-state index contributed by atoms with van der Waals surface area (Å²) in [6.07, 6.45) is 4.90.